The van der Waals surface area contributed by atoms with Gasteiger partial charge in [0.15, 0.2) is 0 Å². The number of ether oxygens (including phenoxy) is 2. The molecule has 1 saturated carbocycles. The SMILES string of the molecule is CC(C)(O)COc1ccc2c(C(=O)NC3CCC(Oc4cc(-c5ccncc5)ccc4C(N)=O)CC3)cnn2c1. The number of aromatic nitrogens is 3. The second-order valence-corrected chi connectivity index (χ2v) is 10.7. The van der Waals surface area contributed by atoms with E-state index in [1.54, 1.807) is 61.3 Å². The number of hydrogen-bond donors (Lipinski definition) is 3. The molecule has 3 heterocycles. The number of benzene rings is 1. The minimum atomic E-state index is -0.956. The van der Waals surface area contributed by atoms with Crippen LogP contribution in [0.3, 0.4) is 0 Å². The lowest BCUT2D eigenvalue weighted by atomic mass is 9.92. The summed E-state index contributed by atoms with van der Waals surface area (Å²) in [4.78, 5) is 29.2. The molecule has 1 aromatic carbocycles. The first-order valence-corrected chi connectivity index (χ1v) is 13.3. The van der Waals surface area contributed by atoms with Gasteiger partial charge in [0.1, 0.15) is 18.1 Å². The van der Waals surface area contributed by atoms with Crippen LogP contribution in [0.25, 0.3) is 16.6 Å². The van der Waals surface area contributed by atoms with Crippen molar-refractivity contribution in [1.29, 1.82) is 0 Å². The highest BCUT2D eigenvalue weighted by molar-refractivity contribution is 6.00. The highest BCUT2D eigenvalue weighted by Gasteiger charge is 2.26. The average Bonchev–Trinajstić information content (AvgIpc) is 3.36. The molecule has 0 bridgehead atoms. The number of fused-ring (bicyclic) bond motifs is 1. The van der Waals surface area contributed by atoms with Crippen LogP contribution in [-0.4, -0.2) is 55.9 Å². The third-order valence-corrected chi connectivity index (χ3v) is 6.89. The van der Waals surface area contributed by atoms with Crippen molar-refractivity contribution < 1.29 is 24.2 Å². The van der Waals surface area contributed by atoms with E-state index in [0.29, 0.717) is 28.1 Å². The number of carbonyl (C=O) groups is 2. The molecule has 208 valence electrons. The van der Waals surface area contributed by atoms with Crippen LogP contribution in [-0.2, 0) is 0 Å². The molecule has 1 aliphatic carbocycles. The van der Waals surface area contributed by atoms with Gasteiger partial charge in [0, 0.05) is 18.4 Å². The summed E-state index contributed by atoms with van der Waals surface area (Å²) in [5.41, 5.74) is 8.02. The monoisotopic (exact) mass is 543 g/mol. The van der Waals surface area contributed by atoms with Crippen molar-refractivity contribution in [2.24, 2.45) is 5.73 Å². The highest BCUT2D eigenvalue weighted by Crippen LogP contribution is 2.31. The average molecular weight is 544 g/mol. The smallest absolute Gasteiger partial charge is 0.255 e. The minimum Gasteiger partial charge on any atom is -0.490 e. The molecule has 1 aliphatic rings. The van der Waals surface area contributed by atoms with E-state index in [-0.39, 0.29) is 24.7 Å². The molecular formula is C30H33N5O5. The van der Waals surface area contributed by atoms with Crippen LogP contribution in [0, 0.1) is 0 Å². The standard InChI is InChI=1S/C30H33N5O5/c1-30(2,38)18-39-23-8-10-26-25(16-33-35(26)17-23)29(37)34-21-4-6-22(7-5-21)40-27-15-20(3-9-24(27)28(31)36)19-11-13-32-14-12-19/h3,8-17,21-22,38H,4-7,18H2,1-2H3,(H2,31,36)(H,34,37). The maximum absolute atomic E-state index is 13.1. The molecule has 0 saturated heterocycles. The summed E-state index contributed by atoms with van der Waals surface area (Å²) in [7, 11) is 0. The first kappa shape index (κ1) is 27.1. The van der Waals surface area contributed by atoms with Gasteiger partial charge < -0.3 is 25.6 Å². The Hall–Kier alpha value is -4.44. The Kier molecular flexibility index (Phi) is 7.70. The van der Waals surface area contributed by atoms with Crippen LogP contribution in [0.2, 0.25) is 0 Å². The predicted octanol–water partition coefficient (Wildman–Crippen LogP) is 3.76. The van der Waals surface area contributed by atoms with Crippen LogP contribution in [0.15, 0.2) is 67.3 Å². The largest absolute Gasteiger partial charge is 0.490 e. The number of carbonyl (C=O) groups excluding carboxylic acids is 2. The fraction of sp³-hybridized carbons (Fsp3) is 0.333. The molecule has 4 aromatic rings. The van der Waals surface area contributed by atoms with Crippen LogP contribution in [0.1, 0.15) is 60.2 Å². The zero-order valence-corrected chi connectivity index (χ0v) is 22.5. The number of nitrogens with one attached hydrogen (secondary N) is 1. The lowest BCUT2D eigenvalue weighted by molar-refractivity contribution is 0.0283. The molecule has 0 aliphatic heterocycles. The Morgan fingerprint density at radius 2 is 1.80 bits per heavy atom. The van der Waals surface area contributed by atoms with Crippen molar-refractivity contribution in [3.8, 4) is 22.6 Å². The second-order valence-electron chi connectivity index (χ2n) is 10.7. The lowest BCUT2D eigenvalue weighted by Gasteiger charge is -2.30. The van der Waals surface area contributed by atoms with Crippen LogP contribution < -0.4 is 20.5 Å². The van der Waals surface area contributed by atoms with Gasteiger partial charge in [0.2, 0.25) is 0 Å². The zero-order chi connectivity index (χ0) is 28.3. The van der Waals surface area contributed by atoms with E-state index in [1.807, 2.05) is 24.3 Å². The zero-order valence-electron chi connectivity index (χ0n) is 22.5. The van der Waals surface area contributed by atoms with Crippen molar-refractivity contribution in [1.82, 2.24) is 19.9 Å². The summed E-state index contributed by atoms with van der Waals surface area (Å²) in [5, 5.41) is 17.3. The van der Waals surface area contributed by atoms with Gasteiger partial charge in [-0.3, -0.25) is 14.6 Å². The third kappa shape index (κ3) is 6.40. The van der Waals surface area contributed by atoms with Crippen LogP contribution in [0.4, 0.5) is 0 Å². The highest BCUT2D eigenvalue weighted by atomic mass is 16.5. The Bertz CT molecular complexity index is 1500. The van der Waals surface area contributed by atoms with E-state index in [1.165, 1.54) is 0 Å². The molecule has 0 spiro atoms. The predicted molar refractivity (Wildman–Crippen MR) is 149 cm³/mol. The number of aliphatic hydroxyl groups is 1. The van der Waals surface area contributed by atoms with Crippen molar-refractivity contribution in [3.63, 3.8) is 0 Å². The molecule has 0 unspecified atom stereocenters. The molecule has 40 heavy (non-hydrogen) atoms. The Morgan fingerprint density at radius 1 is 1.05 bits per heavy atom. The van der Waals surface area contributed by atoms with Crippen molar-refractivity contribution in [2.75, 3.05) is 6.61 Å². The van der Waals surface area contributed by atoms with Crippen molar-refractivity contribution in [2.45, 2.75) is 57.3 Å². The minimum absolute atomic E-state index is 0.00421. The third-order valence-electron chi connectivity index (χ3n) is 6.89. The van der Waals surface area contributed by atoms with E-state index < -0.39 is 11.5 Å². The molecule has 4 N–H and O–H groups in total. The number of primary amides is 1. The number of pyridine rings is 2. The summed E-state index contributed by atoms with van der Waals surface area (Å²) in [6.07, 6.45) is 9.47. The fourth-order valence-electron chi connectivity index (χ4n) is 4.80. The molecule has 5 rings (SSSR count). The molecule has 2 amide bonds. The first-order chi connectivity index (χ1) is 19.2. The van der Waals surface area contributed by atoms with Crippen molar-refractivity contribution >= 4 is 17.3 Å². The Balaban J connectivity index is 1.19. The molecule has 1 fully saturated rings. The summed E-state index contributed by atoms with van der Waals surface area (Å²) in [5.74, 6) is 0.285. The van der Waals surface area contributed by atoms with Gasteiger partial charge in [-0.15, -0.1) is 0 Å². The van der Waals surface area contributed by atoms with E-state index in [0.717, 1.165) is 36.8 Å². The van der Waals surface area contributed by atoms with Crippen LogP contribution >= 0.6 is 0 Å². The number of nitrogens with two attached hydrogens (primary N) is 1. The summed E-state index contributed by atoms with van der Waals surface area (Å²) in [6.45, 7) is 3.47. The van der Waals surface area contributed by atoms with Crippen LogP contribution in [0.5, 0.6) is 11.5 Å². The van der Waals surface area contributed by atoms with Crippen molar-refractivity contribution in [3.05, 3.63) is 78.4 Å². The summed E-state index contributed by atoms with van der Waals surface area (Å²) in [6, 6.07) is 12.7. The molecular weight excluding hydrogens is 510 g/mol. The van der Waals surface area contributed by atoms with E-state index in [2.05, 4.69) is 15.4 Å². The normalized spacial score (nSPS) is 17.4. The quantitative estimate of drug-likeness (QED) is 0.292. The van der Waals surface area contributed by atoms with Gasteiger partial charge in [0.05, 0.1) is 40.7 Å². The maximum Gasteiger partial charge on any atom is 0.255 e. The second kappa shape index (κ2) is 11.4. The van der Waals surface area contributed by atoms with E-state index in [9.17, 15) is 14.7 Å². The Morgan fingerprint density at radius 3 is 2.50 bits per heavy atom. The Labute approximate surface area is 232 Å². The number of rotatable bonds is 9. The first-order valence-electron chi connectivity index (χ1n) is 13.3. The van der Waals surface area contributed by atoms with Gasteiger partial charge in [-0.1, -0.05) is 6.07 Å². The number of nitrogens with zero attached hydrogens (tertiary/aromatic N) is 3. The summed E-state index contributed by atoms with van der Waals surface area (Å²) < 4.78 is 13.5. The number of amides is 2. The topological polar surface area (TPSA) is 141 Å². The molecule has 3 aromatic heterocycles. The van der Waals surface area contributed by atoms with Gasteiger partial charge in [-0.2, -0.15) is 5.10 Å². The summed E-state index contributed by atoms with van der Waals surface area (Å²) >= 11 is 0. The van der Waals surface area contributed by atoms with Gasteiger partial charge in [-0.25, -0.2) is 4.52 Å². The molecule has 0 atom stereocenters. The van der Waals surface area contributed by atoms with E-state index >= 15 is 0 Å². The van der Waals surface area contributed by atoms with E-state index in [4.69, 9.17) is 15.2 Å². The maximum atomic E-state index is 13.1. The fourth-order valence-corrected chi connectivity index (χ4v) is 4.80. The molecule has 0 radical (unpaired) electrons. The molecule has 10 nitrogen and oxygen atoms in total. The van der Waals surface area contributed by atoms with Gasteiger partial charge in [0.25, 0.3) is 11.8 Å². The van der Waals surface area contributed by atoms with Gasteiger partial charge >= 0.3 is 0 Å². The van der Waals surface area contributed by atoms with Gasteiger partial charge in [-0.05, 0) is 87.1 Å². The number of hydrogen-bond acceptors (Lipinski definition) is 7. The molecule has 10 heteroatoms. The lowest BCUT2D eigenvalue weighted by Crippen LogP contribution is -2.39.